The van der Waals surface area contributed by atoms with Gasteiger partial charge in [-0.3, -0.25) is 10.1 Å². The van der Waals surface area contributed by atoms with E-state index >= 15 is 0 Å². The smallest absolute Gasteiger partial charge is 0.312 e. The van der Waals surface area contributed by atoms with Crippen molar-refractivity contribution in [3.05, 3.63) is 28.3 Å². The molecule has 3 unspecified atom stereocenters. The lowest BCUT2D eigenvalue weighted by molar-refractivity contribution is -0.385. The fourth-order valence-electron chi connectivity index (χ4n) is 3.72. The van der Waals surface area contributed by atoms with Crippen molar-refractivity contribution in [3.63, 3.8) is 0 Å². The summed E-state index contributed by atoms with van der Waals surface area (Å²) in [6.45, 7) is 5.16. The van der Waals surface area contributed by atoms with Crippen LogP contribution in [0.2, 0.25) is 0 Å². The highest BCUT2D eigenvalue weighted by Gasteiger charge is 2.59. The number of hydrogen-bond donors (Lipinski definition) is 1. The summed E-state index contributed by atoms with van der Waals surface area (Å²) in [7, 11) is 1.44. The molecular weight excluding hydrogens is 272 g/mol. The maximum Gasteiger partial charge on any atom is 0.312 e. The van der Waals surface area contributed by atoms with Gasteiger partial charge in [-0.1, -0.05) is 13.8 Å². The first kappa shape index (κ1) is 14.1. The molecule has 1 aromatic rings. The van der Waals surface area contributed by atoms with Gasteiger partial charge >= 0.3 is 5.69 Å². The standard InChI is InChI=1S/C15H20N2O4/c1-15(2)13(10-6-7-21-14(10)15)16-9-4-5-12(20-3)11(8-9)17(18)19/h4-5,8,10,13-14,16H,6-7H2,1-3H3. The number of nitro groups is 1. The number of benzene rings is 1. The largest absolute Gasteiger partial charge is 0.490 e. The molecule has 21 heavy (non-hydrogen) atoms. The van der Waals surface area contributed by atoms with Gasteiger partial charge in [0, 0.05) is 35.7 Å². The zero-order valence-electron chi connectivity index (χ0n) is 12.5. The van der Waals surface area contributed by atoms with E-state index in [2.05, 4.69) is 19.2 Å². The number of nitrogens with one attached hydrogen (secondary N) is 1. The molecule has 1 saturated carbocycles. The monoisotopic (exact) mass is 292 g/mol. The Morgan fingerprint density at radius 2 is 2.24 bits per heavy atom. The lowest BCUT2D eigenvalue weighted by atomic mass is 9.57. The van der Waals surface area contributed by atoms with Crippen LogP contribution in [-0.2, 0) is 4.74 Å². The van der Waals surface area contributed by atoms with E-state index in [-0.39, 0.29) is 22.9 Å². The second-order valence-corrected chi connectivity index (χ2v) is 6.33. The van der Waals surface area contributed by atoms with E-state index in [1.165, 1.54) is 13.2 Å². The number of ether oxygens (including phenoxy) is 2. The SMILES string of the molecule is COc1ccc(NC2C3CCOC3C2(C)C)cc1[N+](=O)[O-]. The molecule has 6 heteroatoms. The molecule has 3 atom stereocenters. The third-order valence-corrected chi connectivity index (χ3v) is 4.80. The van der Waals surface area contributed by atoms with Gasteiger partial charge in [-0.25, -0.2) is 0 Å². The van der Waals surface area contributed by atoms with Gasteiger partial charge in [-0.2, -0.15) is 0 Å². The summed E-state index contributed by atoms with van der Waals surface area (Å²) in [6.07, 6.45) is 1.34. The molecule has 114 valence electrons. The summed E-state index contributed by atoms with van der Waals surface area (Å²) in [6, 6.07) is 5.27. The van der Waals surface area contributed by atoms with Gasteiger partial charge in [0.1, 0.15) is 0 Å². The van der Waals surface area contributed by atoms with Crippen molar-refractivity contribution < 1.29 is 14.4 Å². The lowest BCUT2D eigenvalue weighted by Crippen LogP contribution is -2.63. The number of rotatable bonds is 4. The summed E-state index contributed by atoms with van der Waals surface area (Å²) < 4.78 is 10.8. The summed E-state index contributed by atoms with van der Waals surface area (Å²) in [5, 5.41) is 14.5. The van der Waals surface area contributed by atoms with Crippen LogP contribution in [0.25, 0.3) is 0 Å². The molecule has 0 bridgehead atoms. The van der Waals surface area contributed by atoms with Gasteiger partial charge in [0.2, 0.25) is 0 Å². The molecule has 0 radical (unpaired) electrons. The quantitative estimate of drug-likeness (QED) is 0.682. The molecule has 2 fully saturated rings. The van der Waals surface area contributed by atoms with Crippen molar-refractivity contribution in [1.29, 1.82) is 0 Å². The van der Waals surface area contributed by atoms with Gasteiger partial charge in [0.05, 0.1) is 18.1 Å². The molecule has 2 aliphatic rings. The van der Waals surface area contributed by atoms with E-state index in [0.29, 0.717) is 12.0 Å². The number of nitro benzene ring substituents is 1. The summed E-state index contributed by atoms with van der Waals surface area (Å²) in [5.41, 5.74) is 0.778. The Morgan fingerprint density at radius 3 is 2.90 bits per heavy atom. The molecule has 0 spiro atoms. The normalized spacial score (nSPS) is 29.4. The van der Waals surface area contributed by atoms with Crippen molar-refractivity contribution in [2.75, 3.05) is 19.0 Å². The van der Waals surface area contributed by atoms with Gasteiger partial charge in [0.25, 0.3) is 0 Å². The summed E-state index contributed by atoms with van der Waals surface area (Å²) in [5.74, 6) is 0.765. The van der Waals surface area contributed by atoms with Crippen molar-refractivity contribution in [2.45, 2.75) is 32.4 Å². The summed E-state index contributed by atoms with van der Waals surface area (Å²) >= 11 is 0. The number of nitrogens with zero attached hydrogens (tertiary/aromatic N) is 1. The van der Waals surface area contributed by atoms with Crippen LogP contribution in [0.15, 0.2) is 18.2 Å². The molecule has 1 aliphatic heterocycles. The Kier molecular flexibility index (Phi) is 3.28. The van der Waals surface area contributed by atoms with E-state index in [9.17, 15) is 10.1 Å². The van der Waals surface area contributed by atoms with Crippen LogP contribution in [0.4, 0.5) is 11.4 Å². The fourth-order valence-corrected chi connectivity index (χ4v) is 3.72. The Morgan fingerprint density at radius 1 is 1.48 bits per heavy atom. The maximum atomic E-state index is 11.1. The van der Waals surface area contributed by atoms with Crippen LogP contribution in [0.5, 0.6) is 5.75 Å². The molecule has 1 aromatic carbocycles. The number of methoxy groups -OCH3 is 1. The first-order valence-corrected chi connectivity index (χ1v) is 7.15. The predicted molar refractivity (Wildman–Crippen MR) is 78.7 cm³/mol. The van der Waals surface area contributed by atoms with Gasteiger partial charge in [0.15, 0.2) is 5.75 Å². The maximum absolute atomic E-state index is 11.1. The van der Waals surface area contributed by atoms with E-state index in [1.807, 2.05) is 6.07 Å². The van der Waals surface area contributed by atoms with E-state index in [0.717, 1.165) is 18.7 Å². The molecule has 6 nitrogen and oxygen atoms in total. The molecule has 1 heterocycles. The number of anilines is 1. The van der Waals surface area contributed by atoms with Crippen molar-refractivity contribution >= 4 is 11.4 Å². The second-order valence-electron chi connectivity index (χ2n) is 6.33. The van der Waals surface area contributed by atoms with Crippen LogP contribution in [0, 0.1) is 21.4 Å². The first-order chi connectivity index (χ1) is 9.95. The van der Waals surface area contributed by atoms with Crippen LogP contribution in [0.3, 0.4) is 0 Å². The minimum atomic E-state index is -0.419. The van der Waals surface area contributed by atoms with Gasteiger partial charge < -0.3 is 14.8 Å². The van der Waals surface area contributed by atoms with Crippen molar-refractivity contribution in [2.24, 2.45) is 11.3 Å². The van der Waals surface area contributed by atoms with E-state index in [4.69, 9.17) is 9.47 Å². The highest BCUT2D eigenvalue weighted by Crippen LogP contribution is 2.53. The first-order valence-electron chi connectivity index (χ1n) is 7.15. The minimum absolute atomic E-state index is 0.0150. The molecule has 0 aromatic heterocycles. The molecule has 3 rings (SSSR count). The van der Waals surface area contributed by atoms with E-state index in [1.54, 1.807) is 6.07 Å². The van der Waals surface area contributed by atoms with Crippen molar-refractivity contribution in [1.82, 2.24) is 0 Å². The molecular formula is C15H20N2O4. The van der Waals surface area contributed by atoms with Gasteiger partial charge in [-0.15, -0.1) is 0 Å². The Hall–Kier alpha value is -1.82. The van der Waals surface area contributed by atoms with Crippen LogP contribution < -0.4 is 10.1 Å². The van der Waals surface area contributed by atoms with Crippen LogP contribution >= 0.6 is 0 Å². The van der Waals surface area contributed by atoms with Crippen LogP contribution in [0.1, 0.15) is 20.3 Å². The Balaban J connectivity index is 1.82. The Labute approximate surface area is 123 Å². The number of fused-ring (bicyclic) bond motifs is 1. The third kappa shape index (κ3) is 2.14. The number of hydrogen-bond acceptors (Lipinski definition) is 5. The fraction of sp³-hybridized carbons (Fsp3) is 0.600. The Bertz CT molecular complexity index is 573. The molecule has 0 amide bonds. The van der Waals surface area contributed by atoms with E-state index < -0.39 is 4.92 Å². The highest BCUT2D eigenvalue weighted by atomic mass is 16.6. The average Bonchev–Trinajstić information content (AvgIpc) is 2.91. The second kappa shape index (κ2) is 4.87. The molecule has 1 aliphatic carbocycles. The highest BCUT2D eigenvalue weighted by molar-refractivity contribution is 5.59. The minimum Gasteiger partial charge on any atom is -0.490 e. The molecule has 1 N–H and O–H groups in total. The zero-order valence-corrected chi connectivity index (χ0v) is 12.5. The average molecular weight is 292 g/mol. The molecule has 1 saturated heterocycles. The predicted octanol–water partition coefficient (Wildman–Crippen LogP) is 2.83. The third-order valence-electron chi connectivity index (χ3n) is 4.80. The summed E-state index contributed by atoms with van der Waals surface area (Å²) in [4.78, 5) is 10.7. The lowest BCUT2D eigenvalue weighted by Gasteiger charge is -2.55. The van der Waals surface area contributed by atoms with Crippen LogP contribution in [-0.4, -0.2) is 30.8 Å². The zero-order chi connectivity index (χ0) is 15.2. The topological polar surface area (TPSA) is 73.6 Å². The van der Waals surface area contributed by atoms with Gasteiger partial charge in [-0.05, 0) is 18.6 Å². The van der Waals surface area contributed by atoms with Crippen molar-refractivity contribution in [3.8, 4) is 5.75 Å².